The van der Waals surface area contributed by atoms with E-state index in [0.29, 0.717) is 17.8 Å². The number of aromatic nitrogens is 5. The Morgan fingerprint density at radius 3 is 2.89 bits per heavy atom. The van der Waals surface area contributed by atoms with Crippen LogP contribution in [0, 0.1) is 0 Å². The van der Waals surface area contributed by atoms with Crippen molar-refractivity contribution in [3.8, 4) is 0 Å². The molecule has 0 aliphatic carbocycles. The first-order valence-electron chi connectivity index (χ1n) is 8.31. The molecule has 8 heteroatoms. The summed E-state index contributed by atoms with van der Waals surface area (Å²) >= 11 is 4.71. The number of fused-ring (bicyclic) bond motifs is 1. The van der Waals surface area contributed by atoms with Gasteiger partial charge in [0.2, 0.25) is 0 Å². The largest absolute Gasteiger partial charge is 0.348 e. The molecule has 0 radical (unpaired) electrons. The van der Waals surface area contributed by atoms with Crippen LogP contribution in [0.15, 0.2) is 61.3 Å². The molecule has 27 heavy (non-hydrogen) atoms. The Labute approximate surface area is 160 Å². The predicted octanol–water partition coefficient (Wildman–Crippen LogP) is 2.70. The average molecular weight is 376 g/mol. The zero-order valence-corrected chi connectivity index (χ0v) is 15.1. The van der Waals surface area contributed by atoms with Gasteiger partial charge in [-0.05, 0) is 35.4 Å². The van der Waals surface area contributed by atoms with Crippen molar-refractivity contribution < 1.29 is 4.79 Å². The van der Waals surface area contributed by atoms with Gasteiger partial charge in [-0.1, -0.05) is 12.1 Å². The van der Waals surface area contributed by atoms with Gasteiger partial charge in [0.15, 0.2) is 5.65 Å². The minimum Gasteiger partial charge on any atom is -0.348 e. The Hall–Kier alpha value is -3.26. The molecule has 1 unspecified atom stereocenters. The maximum absolute atomic E-state index is 12.5. The summed E-state index contributed by atoms with van der Waals surface area (Å²) in [5.74, 6) is -0.148. The Kier molecular flexibility index (Phi) is 4.80. The van der Waals surface area contributed by atoms with Crippen LogP contribution in [-0.4, -0.2) is 31.1 Å². The van der Waals surface area contributed by atoms with Crippen LogP contribution < -0.4 is 5.32 Å². The van der Waals surface area contributed by atoms with Gasteiger partial charge in [0.05, 0.1) is 22.5 Å². The second-order valence-electron chi connectivity index (χ2n) is 5.96. The highest BCUT2D eigenvalue weighted by atomic mass is 32.1. The number of amides is 1. The van der Waals surface area contributed by atoms with Gasteiger partial charge < -0.3 is 5.32 Å². The maximum Gasteiger partial charge on any atom is 0.251 e. The molecule has 0 saturated heterocycles. The molecular weight excluding hydrogens is 360 g/mol. The van der Waals surface area contributed by atoms with E-state index in [2.05, 4.69) is 30.5 Å². The lowest BCUT2D eigenvalue weighted by molar-refractivity contribution is 0.0951. The number of nitrogens with one attached hydrogen (secondary N) is 2. The standard InChI is InChI=1S/C19H16N6OS/c26-19(21-9-12-4-6-20-7-5-12)14-3-1-2-13(8-14)17(27)16-15-10-24-25-18(15)23-11-22-16/h1-8,10-11,17,27H,9H2,(H,21,26)(H,22,23,24,25). The highest BCUT2D eigenvalue weighted by molar-refractivity contribution is 7.80. The molecule has 0 bridgehead atoms. The zero-order valence-electron chi connectivity index (χ0n) is 14.2. The SMILES string of the molecule is O=C(NCc1ccncc1)c1cccc(C(S)c2ncnc3[nH]ncc23)c1. The van der Waals surface area contributed by atoms with Crippen molar-refractivity contribution in [3.05, 3.63) is 83.7 Å². The molecule has 4 aromatic rings. The summed E-state index contributed by atoms with van der Waals surface area (Å²) in [6.45, 7) is 0.442. The van der Waals surface area contributed by atoms with E-state index in [1.54, 1.807) is 24.7 Å². The van der Waals surface area contributed by atoms with Crippen LogP contribution in [0.25, 0.3) is 11.0 Å². The molecule has 1 atom stereocenters. The van der Waals surface area contributed by atoms with Gasteiger partial charge in [-0.25, -0.2) is 9.97 Å². The number of H-pyrrole nitrogens is 1. The Bertz CT molecular complexity index is 1080. The van der Waals surface area contributed by atoms with Crippen LogP contribution in [-0.2, 0) is 6.54 Å². The summed E-state index contributed by atoms with van der Waals surface area (Å²) in [5.41, 5.74) is 3.83. The molecule has 0 saturated carbocycles. The summed E-state index contributed by atoms with van der Waals surface area (Å²) < 4.78 is 0. The van der Waals surface area contributed by atoms with E-state index >= 15 is 0 Å². The first kappa shape index (κ1) is 17.2. The van der Waals surface area contributed by atoms with Crippen LogP contribution in [0.3, 0.4) is 0 Å². The van der Waals surface area contributed by atoms with Gasteiger partial charge in [0.1, 0.15) is 6.33 Å². The first-order valence-corrected chi connectivity index (χ1v) is 8.83. The van der Waals surface area contributed by atoms with E-state index in [1.807, 2.05) is 30.3 Å². The molecule has 3 heterocycles. The fourth-order valence-electron chi connectivity index (χ4n) is 2.79. The smallest absolute Gasteiger partial charge is 0.251 e. The highest BCUT2D eigenvalue weighted by Gasteiger charge is 2.17. The number of thiol groups is 1. The molecule has 0 aliphatic heterocycles. The normalized spacial score (nSPS) is 12.0. The quantitative estimate of drug-likeness (QED) is 0.466. The monoisotopic (exact) mass is 376 g/mol. The van der Waals surface area contributed by atoms with Crippen LogP contribution in [0.1, 0.15) is 32.4 Å². The van der Waals surface area contributed by atoms with Crippen molar-refractivity contribution in [2.45, 2.75) is 11.8 Å². The second-order valence-corrected chi connectivity index (χ2v) is 6.47. The fourth-order valence-corrected chi connectivity index (χ4v) is 3.16. The Morgan fingerprint density at radius 2 is 2.04 bits per heavy atom. The van der Waals surface area contributed by atoms with Crippen molar-refractivity contribution >= 4 is 29.6 Å². The van der Waals surface area contributed by atoms with Crippen LogP contribution >= 0.6 is 12.6 Å². The van der Waals surface area contributed by atoms with Crippen molar-refractivity contribution in [3.63, 3.8) is 0 Å². The van der Waals surface area contributed by atoms with Gasteiger partial charge in [0.25, 0.3) is 5.91 Å². The number of pyridine rings is 1. The van der Waals surface area contributed by atoms with Crippen LogP contribution in [0.2, 0.25) is 0 Å². The van der Waals surface area contributed by atoms with Crippen LogP contribution in [0.4, 0.5) is 0 Å². The van der Waals surface area contributed by atoms with Gasteiger partial charge in [-0.15, -0.1) is 0 Å². The molecule has 134 valence electrons. The number of benzene rings is 1. The molecule has 7 nitrogen and oxygen atoms in total. The van der Waals surface area contributed by atoms with Gasteiger partial charge in [-0.3, -0.25) is 14.9 Å². The molecule has 4 rings (SSSR count). The maximum atomic E-state index is 12.5. The molecule has 0 aliphatic rings. The number of aromatic amines is 1. The van der Waals surface area contributed by atoms with E-state index in [1.165, 1.54) is 6.33 Å². The lowest BCUT2D eigenvalue weighted by atomic mass is 10.0. The van der Waals surface area contributed by atoms with E-state index in [-0.39, 0.29) is 11.2 Å². The number of carbonyl (C=O) groups excluding carboxylic acids is 1. The predicted molar refractivity (Wildman–Crippen MR) is 104 cm³/mol. The van der Waals surface area contributed by atoms with E-state index < -0.39 is 0 Å². The summed E-state index contributed by atoms with van der Waals surface area (Å²) in [6, 6.07) is 11.1. The minimum atomic E-state index is -0.305. The van der Waals surface area contributed by atoms with Crippen LogP contribution in [0.5, 0.6) is 0 Å². The first-order chi connectivity index (χ1) is 13.2. The lowest BCUT2D eigenvalue weighted by Crippen LogP contribution is -2.22. The molecule has 2 N–H and O–H groups in total. The molecular formula is C19H16N6OS. The molecule has 0 fully saturated rings. The van der Waals surface area contributed by atoms with Crippen molar-refractivity contribution in [2.75, 3.05) is 0 Å². The fraction of sp³-hybridized carbons (Fsp3) is 0.105. The van der Waals surface area contributed by atoms with Crippen molar-refractivity contribution in [1.29, 1.82) is 0 Å². The zero-order chi connectivity index (χ0) is 18.6. The van der Waals surface area contributed by atoms with Crippen molar-refractivity contribution in [1.82, 2.24) is 30.5 Å². The van der Waals surface area contributed by atoms with Gasteiger partial charge >= 0.3 is 0 Å². The molecule has 0 spiro atoms. The number of hydrogen-bond acceptors (Lipinski definition) is 6. The summed E-state index contributed by atoms with van der Waals surface area (Å²) in [6.07, 6.45) is 6.56. The number of nitrogens with zero attached hydrogens (tertiary/aromatic N) is 4. The third-order valence-electron chi connectivity index (χ3n) is 4.20. The highest BCUT2D eigenvalue weighted by Crippen LogP contribution is 2.31. The topological polar surface area (TPSA) is 96.5 Å². The average Bonchev–Trinajstić information content (AvgIpc) is 3.21. The van der Waals surface area contributed by atoms with Crippen molar-refractivity contribution in [2.24, 2.45) is 0 Å². The van der Waals surface area contributed by atoms with E-state index in [4.69, 9.17) is 12.6 Å². The summed E-state index contributed by atoms with van der Waals surface area (Å²) in [5, 5.41) is 10.3. The Morgan fingerprint density at radius 1 is 1.19 bits per heavy atom. The lowest BCUT2D eigenvalue weighted by Gasteiger charge is -2.13. The third-order valence-corrected chi connectivity index (χ3v) is 4.75. The minimum absolute atomic E-state index is 0.148. The number of rotatable bonds is 5. The summed E-state index contributed by atoms with van der Waals surface area (Å²) in [7, 11) is 0. The number of hydrogen-bond donors (Lipinski definition) is 3. The summed E-state index contributed by atoms with van der Waals surface area (Å²) in [4.78, 5) is 25.0. The molecule has 1 aromatic carbocycles. The van der Waals surface area contributed by atoms with Gasteiger partial charge in [0, 0.05) is 24.5 Å². The Balaban J connectivity index is 1.55. The molecule has 1 amide bonds. The second kappa shape index (κ2) is 7.55. The van der Waals surface area contributed by atoms with E-state index in [0.717, 1.165) is 22.2 Å². The van der Waals surface area contributed by atoms with Gasteiger partial charge in [-0.2, -0.15) is 17.7 Å². The molecule has 3 aromatic heterocycles. The number of carbonyl (C=O) groups is 1. The van der Waals surface area contributed by atoms with E-state index in [9.17, 15) is 4.79 Å². The third kappa shape index (κ3) is 3.65.